The number of aromatic nitrogens is 2. The molecule has 1 aliphatic carbocycles. The van der Waals surface area contributed by atoms with E-state index in [2.05, 4.69) is 5.10 Å². The molecule has 0 spiro atoms. The molecule has 5 nitrogen and oxygen atoms in total. The quantitative estimate of drug-likeness (QED) is 0.849. The van der Waals surface area contributed by atoms with Gasteiger partial charge in [-0.1, -0.05) is 19.3 Å². The Morgan fingerprint density at radius 1 is 1.42 bits per heavy atom. The molecule has 1 aromatic rings. The Hall–Kier alpha value is -1.52. The highest BCUT2D eigenvalue weighted by molar-refractivity contribution is 5.93. The van der Waals surface area contributed by atoms with Gasteiger partial charge in [-0.15, -0.1) is 0 Å². The van der Waals surface area contributed by atoms with Crippen molar-refractivity contribution in [1.82, 2.24) is 9.78 Å². The topological polar surface area (TPSA) is 70.1 Å². The zero-order valence-corrected chi connectivity index (χ0v) is 11.8. The number of carbonyl (C=O) groups is 1. The predicted molar refractivity (Wildman–Crippen MR) is 73.9 cm³/mol. The third kappa shape index (κ3) is 3.08. The molecule has 1 heterocycles. The summed E-state index contributed by atoms with van der Waals surface area (Å²) < 4.78 is 7.04. The molecule has 0 amide bonds. The summed E-state index contributed by atoms with van der Waals surface area (Å²) in [6.07, 6.45) is 6.12. The Kier molecular flexibility index (Phi) is 4.45. The number of nitrogen functional groups attached to an aromatic ring is 1. The number of anilines is 1. The average Bonchev–Trinajstić information content (AvgIpc) is 2.73. The zero-order valence-electron chi connectivity index (χ0n) is 11.8. The Morgan fingerprint density at radius 3 is 2.74 bits per heavy atom. The van der Waals surface area contributed by atoms with Crippen molar-refractivity contribution < 1.29 is 9.53 Å². The number of aryl methyl sites for hydroxylation is 2. The third-order valence-corrected chi connectivity index (χ3v) is 3.84. The number of carbonyl (C=O) groups excluding carboxylic acids is 1. The standard InChI is InChI=1S/C14H23N3O2/c1-3-17-13(12(15)10(2)16-17)14(18)19-9-11-7-5-4-6-8-11/h11H,3-9,15H2,1-2H3. The van der Waals surface area contributed by atoms with Gasteiger partial charge in [0.25, 0.3) is 0 Å². The van der Waals surface area contributed by atoms with Crippen molar-refractivity contribution in [2.75, 3.05) is 12.3 Å². The molecule has 0 aliphatic heterocycles. The molecular formula is C14H23N3O2. The van der Waals surface area contributed by atoms with Crippen LogP contribution in [0.2, 0.25) is 0 Å². The lowest BCUT2D eigenvalue weighted by Crippen LogP contribution is -2.19. The van der Waals surface area contributed by atoms with Crippen LogP contribution in [0.15, 0.2) is 0 Å². The smallest absolute Gasteiger partial charge is 0.358 e. The zero-order chi connectivity index (χ0) is 13.8. The first-order valence-corrected chi connectivity index (χ1v) is 7.13. The maximum atomic E-state index is 12.1. The van der Waals surface area contributed by atoms with Gasteiger partial charge in [0.05, 0.1) is 18.0 Å². The third-order valence-electron chi connectivity index (χ3n) is 3.84. The van der Waals surface area contributed by atoms with Crippen LogP contribution >= 0.6 is 0 Å². The van der Waals surface area contributed by atoms with Crippen molar-refractivity contribution in [3.63, 3.8) is 0 Å². The molecule has 5 heteroatoms. The molecule has 0 aromatic carbocycles. The molecule has 0 saturated heterocycles. The Labute approximate surface area is 114 Å². The Bertz CT molecular complexity index is 448. The van der Waals surface area contributed by atoms with E-state index in [1.165, 1.54) is 19.3 Å². The number of esters is 1. The largest absolute Gasteiger partial charge is 0.461 e. The van der Waals surface area contributed by atoms with Crippen molar-refractivity contribution in [1.29, 1.82) is 0 Å². The maximum absolute atomic E-state index is 12.1. The van der Waals surface area contributed by atoms with Crippen molar-refractivity contribution in [3.8, 4) is 0 Å². The van der Waals surface area contributed by atoms with E-state index in [4.69, 9.17) is 10.5 Å². The van der Waals surface area contributed by atoms with Crippen LogP contribution < -0.4 is 5.73 Å². The van der Waals surface area contributed by atoms with Crippen LogP contribution in [0, 0.1) is 12.8 Å². The van der Waals surface area contributed by atoms with Gasteiger partial charge in [0.15, 0.2) is 5.69 Å². The van der Waals surface area contributed by atoms with E-state index in [0.717, 1.165) is 12.8 Å². The number of nitrogens with two attached hydrogens (primary N) is 1. The summed E-state index contributed by atoms with van der Waals surface area (Å²) in [5, 5.41) is 4.24. The van der Waals surface area contributed by atoms with Gasteiger partial charge in [-0.05, 0) is 32.6 Å². The minimum absolute atomic E-state index is 0.342. The highest BCUT2D eigenvalue weighted by Crippen LogP contribution is 2.24. The number of ether oxygens (including phenoxy) is 1. The number of hydrogen-bond acceptors (Lipinski definition) is 4. The molecular weight excluding hydrogens is 242 g/mol. The second-order valence-corrected chi connectivity index (χ2v) is 5.27. The number of rotatable bonds is 4. The lowest BCUT2D eigenvalue weighted by Gasteiger charge is -2.21. The lowest BCUT2D eigenvalue weighted by molar-refractivity contribution is 0.0397. The normalized spacial score (nSPS) is 16.5. The molecule has 0 atom stereocenters. The molecule has 0 unspecified atom stereocenters. The summed E-state index contributed by atoms with van der Waals surface area (Å²) in [6.45, 7) is 4.86. The van der Waals surface area contributed by atoms with Gasteiger partial charge in [0, 0.05) is 6.54 Å². The summed E-state index contributed by atoms with van der Waals surface area (Å²) in [5.41, 5.74) is 7.43. The van der Waals surface area contributed by atoms with Gasteiger partial charge in [0.1, 0.15) is 0 Å². The van der Waals surface area contributed by atoms with Crippen LogP contribution in [0.5, 0.6) is 0 Å². The molecule has 1 fully saturated rings. The first-order chi connectivity index (χ1) is 9.13. The van der Waals surface area contributed by atoms with E-state index >= 15 is 0 Å². The van der Waals surface area contributed by atoms with E-state index in [9.17, 15) is 4.79 Å². The molecule has 1 saturated carbocycles. The monoisotopic (exact) mass is 265 g/mol. The summed E-state index contributed by atoms with van der Waals surface area (Å²) in [7, 11) is 0. The van der Waals surface area contributed by atoms with Crippen LogP contribution in [-0.4, -0.2) is 22.4 Å². The van der Waals surface area contributed by atoms with Gasteiger partial charge in [-0.3, -0.25) is 4.68 Å². The molecule has 2 rings (SSSR count). The van der Waals surface area contributed by atoms with Crippen LogP contribution in [-0.2, 0) is 11.3 Å². The van der Waals surface area contributed by atoms with E-state index in [0.29, 0.717) is 36.1 Å². The van der Waals surface area contributed by atoms with E-state index in [-0.39, 0.29) is 5.97 Å². The highest BCUT2D eigenvalue weighted by atomic mass is 16.5. The first-order valence-electron chi connectivity index (χ1n) is 7.13. The maximum Gasteiger partial charge on any atom is 0.358 e. The fraction of sp³-hybridized carbons (Fsp3) is 0.714. The van der Waals surface area contributed by atoms with Gasteiger partial charge < -0.3 is 10.5 Å². The van der Waals surface area contributed by atoms with Crippen molar-refractivity contribution >= 4 is 11.7 Å². The van der Waals surface area contributed by atoms with Crippen LogP contribution in [0.25, 0.3) is 0 Å². The predicted octanol–water partition coefficient (Wildman–Crippen LogP) is 2.53. The highest BCUT2D eigenvalue weighted by Gasteiger charge is 2.22. The fourth-order valence-corrected chi connectivity index (χ4v) is 2.66. The van der Waals surface area contributed by atoms with E-state index in [1.807, 2.05) is 6.92 Å². The van der Waals surface area contributed by atoms with Crippen molar-refractivity contribution in [2.24, 2.45) is 5.92 Å². The fourth-order valence-electron chi connectivity index (χ4n) is 2.66. The van der Waals surface area contributed by atoms with Crippen LogP contribution in [0.4, 0.5) is 5.69 Å². The SMILES string of the molecule is CCn1nc(C)c(N)c1C(=O)OCC1CCCCC1. The van der Waals surface area contributed by atoms with E-state index in [1.54, 1.807) is 11.6 Å². The average molecular weight is 265 g/mol. The Balaban J connectivity index is 1.99. The number of hydrogen-bond donors (Lipinski definition) is 1. The summed E-state index contributed by atoms with van der Waals surface area (Å²) >= 11 is 0. The van der Waals surface area contributed by atoms with Gasteiger partial charge in [0.2, 0.25) is 0 Å². The van der Waals surface area contributed by atoms with Gasteiger partial charge in [-0.25, -0.2) is 4.79 Å². The lowest BCUT2D eigenvalue weighted by atomic mass is 9.90. The summed E-state index contributed by atoms with van der Waals surface area (Å²) in [4.78, 5) is 12.1. The van der Waals surface area contributed by atoms with Crippen molar-refractivity contribution in [2.45, 2.75) is 52.5 Å². The molecule has 106 valence electrons. The molecule has 2 N–H and O–H groups in total. The summed E-state index contributed by atoms with van der Waals surface area (Å²) in [6, 6.07) is 0. The summed E-state index contributed by atoms with van der Waals surface area (Å²) in [5.74, 6) is 0.170. The minimum Gasteiger partial charge on any atom is -0.461 e. The second-order valence-electron chi connectivity index (χ2n) is 5.27. The second kappa shape index (κ2) is 6.08. The molecule has 0 radical (unpaired) electrons. The molecule has 19 heavy (non-hydrogen) atoms. The van der Waals surface area contributed by atoms with Gasteiger partial charge >= 0.3 is 5.97 Å². The van der Waals surface area contributed by atoms with E-state index < -0.39 is 0 Å². The van der Waals surface area contributed by atoms with Gasteiger partial charge in [-0.2, -0.15) is 5.10 Å². The molecule has 1 aliphatic rings. The number of nitrogens with zero attached hydrogens (tertiary/aromatic N) is 2. The molecule has 1 aromatic heterocycles. The van der Waals surface area contributed by atoms with Crippen LogP contribution in [0.1, 0.15) is 55.2 Å². The first kappa shape index (κ1) is 13.9. The minimum atomic E-state index is -0.342. The van der Waals surface area contributed by atoms with Crippen LogP contribution in [0.3, 0.4) is 0 Å². The van der Waals surface area contributed by atoms with Crippen molar-refractivity contribution in [3.05, 3.63) is 11.4 Å². The molecule has 0 bridgehead atoms. The Morgan fingerprint density at radius 2 is 2.11 bits per heavy atom.